The highest BCUT2D eigenvalue weighted by Crippen LogP contribution is 2.04. The van der Waals surface area contributed by atoms with Crippen molar-refractivity contribution in [3.63, 3.8) is 0 Å². The minimum absolute atomic E-state index is 0. The van der Waals surface area contributed by atoms with Crippen molar-refractivity contribution < 1.29 is 33.0 Å². The fraction of sp³-hybridized carbons (Fsp3) is 0.333. The van der Waals surface area contributed by atoms with E-state index in [2.05, 4.69) is 10.1 Å². The summed E-state index contributed by atoms with van der Waals surface area (Å²) in [7, 11) is 5.87. The maximum Gasteiger partial charge on any atom is 0.123 e. The first kappa shape index (κ1) is 16.2. The van der Waals surface area contributed by atoms with Crippen LogP contribution in [0.4, 0.5) is 4.39 Å². The van der Waals surface area contributed by atoms with E-state index >= 15 is 0 Å². The van der Waals surface area contributed by atoms with Gasteiger partial charge in [0.1, 0.15) is 12.0 Å². The maximum atomic E-state index is 12.8. The van der Waals surface area contributed by atoms with Crippen LogP contribution >= 0.6 is 0 Å². The molecule has 5 heteroatoms. The van der Waals surface area contributed by atoms with E-state index in [0.29, 0.717) is 11.1 Å². The molecule has 0 spiro atoms. The zero-order chi connectivity index (χ0) is 12.0. The van der Waals surface area contributed by atoms with Gasteiger partial charge in [-0.25, -0.2) is 8.98 Å². The van der Waals surface area contributed by atoms with Crippen LogP contribution in [-0.2, 0) is 6.54 Å². The lowest BCUT2D eigenvalue weighted by Crippen LogP contribution is -3.00. The smallest absolute Gasteiger partial charge is 0.123 e. The van der Waals surface area contributed by atoms with Crippen molar-refractivity contribution in [2.75, 3.05) is 21.1 Å². The molecule has 0 saturated heterocycles. The molecular formula is C12H17FIN3. The van der Waals surface area contributed by atoms with Gasteiger partial charge in [-0.05, 0) is 17.7 Å². The molecule has 0 radical (unpaired) electrons. The van der Waals surface area contributed by atoms with E-state index in [1.807, 2.05) is 27.2 Å². The predicted molar refractivity (Wildman–Crippen MR) is 65.1 cm³/mol. The van der Waals surface area contributed by atoms with Gasteiger partial charge in [0.25, 0.3) is 0 Å². The number of aliphatic imine (C=N–C) groups is 1. The number of halogens is 2. The van der Waals surface area contributed by atoms with E-state index in [4.69, 9.17) is 0 Å². The minimum atomic E-state index is -0.229. The van der Waals surface area contributed by atoms with Gasteiger partial charge < -0.3 is 24.0 Å². The molecular weight excluding hydrogens is 332 g/mol. The highest BCUT2D eigenvalue weighted by molar-refractivity contribution is 6.15. The van der Waals surface area contributed by atoms with Crippen molar-refractivity contribution in [3.05, 3.63) is 35.6 Å². The summed E-state index contributed by atoms with van der Waals surface area (Å²) in [5.41, 5.74) is 0.856. The second kappa shape index (κ2) is 7.50. The monoisotopic (exact) mass is 349 g/mol. The van der Waals surface area contributed by atoms with Gasteiger partial charge in [0.05, 0.1) is 27.7 Å². The quantitative estimate of drug-likeness (QED) is 0.291. The molecule has 0 atom stereocenters. The molecule has 0 saturated carbocycles. The molecule has 0 bridgehead atoms. The summed E-state index contributed by atoms with van der Waals surface area (Å²) in [5.74, 6) is -0.229. The molecule has 0 fully saturated rings. The maximum absolute atomic E-state index is 12.8. The molecule has 1 aromatic rings. The fourth-order valence-corrected chi connectivity index (χ4v) is 1.07. The van der Waals surface area contributed by atoms with Gasteiger partial charge in [-0.3, -0.25) is 4.99 Å². The average Bonchev–Trinajstić information content (AvgIpc) is 2.15. The van der Waals surface area contributed by atoms with E-state index in [0.717, 1.165) is 5.56 Å². The lowest BCUT2D eigenvalue weighted by Gasteiger charge is -2.13. The van der Waals surface area contributed by atoms with E-state index in [9.17, 15) is 4.39 Å². The van der Waals surface area contributed by atoms with Crippen LogP contribution < -0.4 is 24.0 Å². The van der Waals surface area contributed by atoms with Gasteiger partial charge in [0.15, 0.2) is 0 Å². The van der Waals surface area contributed by atoms with Gasteiger partial charge >= 0.3 is 0 Å². The van der Waals surface area contributed by atoms with E-state index in [1.165, 1.54) is 12.1 Å². The van der Waals surface area contributed by atoms with Gasteiger partial charge in [-0.15, -0.1) is 0 Å². The lowest BCUT2D eigenvalue weighted by molar-refractivity contribution is -0.876. The fourth-order valence-electron chi connectivity index (χ4n) is 1.07. The average molecular weight is 349 g/mol. The van der Waals surface area contributed by atoms with Crippen molar-refractivity contribution in [2.45, 2.75) is 6.54 Å². The van der Waals surface area contributed by atoms with Crippen LogP contribution in [0.5, 0.6) is 0 Å². The zero-order valence-corrected chi connectivity index (χ0v) is 12.4. The molecule has 0 N–H and O–H groups in total. The summed E-state index contributed by atoms with van der Waals surface area (Å²) >= 11 is 0. The highest BCUT2D eigenvalue weighted by Gasteiger charge is 1.99. The summed E-state index contributed by atoms with van der Waals surface area (Å²) in [5, 5.41) is 4.19. The Hall–Kier alpha value is -0.820. The van der Waals surface area contributed by atoms with Crippen molar-refractivity contribution in [1.82, 2.24) is 0 Å². The van der Waals surface area contributed by atoms with Crippen molar-refractivity contribution >= 4 is 12.4 Å². The summed E-state index contributed by atoms with van der Waals surface area (Å²) in [4.78, 5) is 4.13. The standard InChI is InChI=1S/C12H17FN3.HI/c1-16(2,3)15-8-7-14-10-11-5-4-6-12(13)9-11;/h4-9H,10H2,1-3H3;1H/q+1;/p-1/b14-7?,15-8+;. The van der Waals surface area contributed by atoms with Crippen molar-refractivity contribution in [1.29, 1.82) is 0 Å². The normalized spacial score (nSPS) is 12.0. The van der Waals surface area contributed by atoms with Gasteiger partial charge in [-0.1, -0.05) is 17.2 Å². The Morgan fingerprint density at radius 3 is 2.53 bits per heavy atom. The largest absolute Gasteiger partial charge is 1.00 e. The van der Waals surface area contributed by atoms with Crippen LogP contribution in [-0.4, -0.2) is 38.2 Å². The Labute approximate surface area is 119 Å². The predicted octanol–water partition coefficient (Wildman–Crippen LogP) is -0.907. The molecule has 17 heavy (non-hydrogen) atoms. The van der Waals surface area contributed by atoms with Crippen LogP contribution in [0.3, 0.4) is 0 Å². The molecule has 0 aliphatic rings. The Morgan fingerprint density at radius 1 is 1.24 bits per heavy atom. The number of rotatable bonds is 4. The number of benzene rings is 1. The topological polar surface area (TPSA) is 24.7 Å². The minimum Gasteiger partial charge on any atom is -1.00 e. The summed E-state index contributed by atoms with van der Waals surface area (Å²) in [6, 6.07) is 6.43. The molecule has 0 aromatic heterocycles. The Kier molecular flexibility index (Phi) is 7.13. The summed E-state index contributed by atoms with van der Waals surface area (Å²) in [6.07, 6.45) is 3.29. The number of hydrogen-bond donors (Lipinski definition) is 0. The Bertz CT molecular complexity index is 397. The Balaban J connectivity index is 0.00000256. The van der Waals surface area contributed by atoms with E-state index in [-0.39, 0.29) is 29.8 Å². The van der Waals surface area contributed by atoms with Crippen LogP contribution in [0.15, 0.2) is 34.4 Å². The second-order valence-electron chi connectivity index (χ2n) is 4.33. The zero-order valence-electron chi connectivity index (χ0n) is 10.3. The molecule has 1 aromatic carbocycles. The Morgan fingerprint density at radius 2 is 1.94 bits per heavy atom. The van der Waals surface area contributed by atoms with Crippen molar-refractivity contribution in [2.24, 2.45) is 10.1 Å². The summed E-state index contributed by atoms with van der Waals surface area (Å²) in [6.45, 7) is 0.473. The second-order valence-corrected chi connectivity index (χ2v) is 4.33. The third-order valence-corrected chi connectivity index (χ3v) is 1.75. The van der Waals surface area contributed by atoms with Crippen LogP contribution in [0.25, 0.3) is 0 Å². The van der Waals surface area contributed by atoms with E-state index in [1.54, 1.807) is 18.5 Å². The molecule has 0 amide bonds. The first-order valence-corrected chi connectivity index (χ1v) is 5.07. The number of nitrogens with zero attached hydrogens (tertiary/aromatic N) is 3. The first-order chi connectivity index (χ1) is 7.47. The first-order valence-electron chi connectivity index (χ1n) is 5.07. The van der Waals surface area contributed by atoms with Crippen molar-refractivity contribution in [3.8, 4) is 0 Å². The van der Waals surface area contributed by atoms with Gasteiger partial charge in [0.2, 0.25) is 0 Å². The van der Waals surface area contributed by atoms with Gasteiger partial charge in [-0.2, -0.15) is 0 Å². The molecule has 0 aliphatic heterocycles. The molecule has 1 rings (SSSR count). The molecule has 0 aliphatic carbocycles. The number of quaternary nitrogens is 1. The third-order valence-electron chi connectivity index (χ3n) is 1.75. The third kappa shape index (κ3) is 7.98. The molecule has 3 nitrogen and oxygen atoms in total. The highest BCUT2D eigenvalue weighted by atomic mass is 127. The van der Waals surface area contributed by atoms with Crippen LogP contribution in [0, 0.1) is 5.82 Å². The van der Waals surface area contributed by atoms with E-state index < -0.39 is 0 Å². The number of hydrogen-bond acceptors (Lipinski definition) is 2. The molecule has 0 unspecified atom stereocenters. The van der Waals surface area contributed by atoms with Crippen LogP contribution in [0.2, 0.25) is 0 Å². The van der Waals surface area contributed by atoms with Crippen LogP contribution in [0.1, 0.15) is 5.56 Å². The molecule has 94 valence electrons. The SMILES string of the molecule is C[N+](C)(C)/N=C/C=NCc1cccc(F)c1.[I-]. The van der Waals surface area contributed by atoms with Gasteiger partial charge in [0, 0.05) is 6.21 Å². The lowest BCUT2D eigenvalue weighted by atomic mass is 10.2. The summed E-state index contributed by atoms with van der Waals surface area (Å²) < 4.78 is 13.3. The molecule has 0 heterocycles.